The predicted octanol–water partition coefficient (Wildman–Crippen LogP) is 4.42. The van der Waals surface area contributed by atoms with Crippen LogP contribution in [0.1, 0.15) is 37.5 Å². The van der Waals surface area contributed by atoms with E-state index >= 15 is 0 Å². The van der Waals surface area contributed by atoms with Gasteiger partial charge in [0.25, 0.3) is 0 Å². The summed E-state index contributed by atoms with van der Waals surface area (Å²) in [5.41, 5.74) is 2.11. The van der Waals surface area contributed by atoms with Crippen LogP contribution in [0.15, 0.2) is 41.3 Å². The number of rotatable bonds is 10. The number of allylic oxidation sites excluding steroid dienone is 1. The Balaban J connectivity index is 2.05. The fourth-order valence-corrected chi connectivity index (χ4v) is 2.33. The predicted molar refractivity (Wildman–Crippen MR) is 87.3 cm³/mol. The highest BCUT2D eigenvalue weighted by molar-refractivity contribution is 5.82. The van der Waals surface area contributed by atoms with Crippen LogP contribution in [0.5, 0.6) is 0 Å². The molecule has 114 valence electrons. The van der Waals surface area contributed by atoms with Gasteiger partial charge in [0.05, 0.1) is 13.2 Å². The Labute approximate surface area is 127 Å². The average Bonchev–Trinajstić information content (AvgIpc) is 2.85. The maximum absolute atomic E-state index is 5.97. The maximum Gasteiger partial charge on any atom is 0.134 e. The highest BCUT2D eigenvalue weighted by Crippen LogP contribution is 2.26. The Bertz CT molecular complexity index is 559. The Morgan fingerprint density at radius 1 is 1.33 bits per heavy atom. The summed E-state index contributed by atoms with van der Waals surface area (Å²) in [4.78, 5) is 0. The molecule has 0 aliphatic rings. The van der Waals surface area contributed by atoms with Crippen LogP contribution in [0.2, 0.25) is 0 Å². The first-order chi connectivity index (χ1) is 10.4. The SMILES string of the molecule is C=CCCCOCc1c(CNCCC)oc2ccccc12. The van der Waals surface area contributed by atoms with Gasteiger partial charge < -0.3 is 14.5 Å². The average molecular weight is 287 g/mol. The van der Waals surface area contributed by atoms with E-state index in [0.29, 0.717) is 6.61 Å². The molecule has 0 atom stereocenters. The van der Waals surface area contributed by atoms with Crippen molar-refractivity contribution in [2.75, 3.05) is 13.2 Å². The minimum Gasteiger partial charge on any atom is -0.459 e. The first-order valence-corrected chi connectivity index (χ1v) is 7.75. The molecule has 0 spiro atoms. The molecule has 3 heteroatoms. The lowest BCUT2D eigenvalue weighted by molar-refractivity contribution is 0.118. The van der Waals surface area contributed by atoms with Gasteiger partial charge in [0, 0.05) is 17.6 Å². The summed E-state index contributed by atoms with van der Waals surface area (Å²) in [6, 6.07) is 8.16. The van der Waals surface area contributed by atoms with Crippen LogP contribution >= 0.6 is 0 Å². The second-order valence-electron chi connectivity index (χ2n) is 5.16. The molecule has 0 radical (unpaired) electrons. The molecule has 0 aliphatic carbocycles. The number of nitrogens with one attached hydrogen (secondary N) is 1. The molecule has 0 saturated carbocycles. The lowest BCUT2D eigenvalue weighted by Gasteiger charge is -2.06. The second kappa shape index (κ2) is 8.65. The molecule has 0 unspecified atom stereocenters. The van der Waals surface area contributed by atoms with E-state index in [0.717, 1.165) is 55.7 Å². The van der Waals surface area contributed by atoms with E-state index in [1.807, 2.05) is 24.3 Å². The summed E-state index contributed by atoms with van der Waals surface area (Å²) in [6.07, 6.45) is 5.06. The normalized spacial score (nSPS) is 11.1. The van der Waals surface area contributed by atoms with Crippen molar-refractivity contribution in [2.45, 2.75) is 39.3 Å². The van der Waals surface area contributed by atoms with Gasteiger partial charge in [0.1, 0.15) is 11.3 Å². The van der Waals surface area contributed by atoms with E-state index in [-0.39, 0.29) is 0 Å². The monoisotopic (exact) mass is 287 g/mol. The maximum atomic E-state index is 5.97. The zero-order valence-corrected chi connectivity index (χ0v) is 12.9. The first kappa shape index (κ1) is 15.8. The minimum absolute atomic E-state index is 0.608. The number of ether oxygens (including phenoxy) is 1. The molecule has 1 aromatic heterocycles. The van der Waals surface area contributed by atoms with Crippen molar-refractivity contribution in [3.63, 3.8) is 0 Å². The van der Waals surface area contributed by atoms with Crippen molar-refractivity contribution in [3.05, 3.63) is 48.2 Å². The molecule has 21 heavy (non-hydrogen) atoms. The van der Waals surface area contributed by atoms with Gasteiger partial charge in [-0.05, 0) is 31.9 Å². The van der Waals surface area contributed by atoms with Gasteiger partial charge in [-0.3, -0.25) is 0 Å². The number of hydrogen-bond donors (Lipinski definition) is 1. The van der Waals surface area contributed by atoms with Crippen LogP contribution in [-0.4, -0.2) is 13.2 Å². The van der Waals surface area contributed by atoms with Crippen molar-refractivity contribution in [1.29, 1.82) is 0 Å². The molecule has 2 aromatic rings. The molecule has 1 aromatic carbocycles. The third-order valence-electron chi connectivity index (χ3n) is 3.44. The summed E-state index contributed by atoms with van der Waals surface area (Å²) in [6.45, 7) is 9.01. The third kappa shape index (κ3) is 4.45. The van der Waals surface area contributed by atoms with Crippen LogP contribution < -0.4 is 5.32 Å². The molecule has 0 aliphatic heterocycles. The number of unbranched alkanes of at least 4 members (excludes halogenated alkanes) is 1. The molecule has 0 bridgehead atoms. The minimum atomic E-state index is 0.608. The highest BCUT2D eigenvalue weighted by Gasteiger charge is 2.13. The van der Waals surface area contributed by atoms with Gasteiger partial charge in [-0.15, -0.1) is 6.58 Å². The first-order valence-electron chi connectivity index (χ1n) is 7.75. The van der Waals surface area contributed by atoms with Gasteiger partial charge in [-0.1, -0.05) is 31.2 Å². The van der Waals surface area contributed by atoms with Crippen molar-refractivity contribution in [3.8, 4) is 0 Å². The molecule has 0 fully saturated rings. The van der Waals surface area contributed by atoms with Gasteiger partial charge in [-0.25, -0.2) is 0 Å². The molecule has 0 saturated heterocycles. The quantitative estimate of drug-likeness (QED) is 0.519. The van der Waals surface area contributed by atoms with E-state index in [4.69, 9.17) is 9.15 Å². The van der Waals surface area contributed by atoms with Crippen LogP contribution in [0, 0.1) is 0 Å². The number of furan rings is 1. The summed E-state index contributed by atoms with van der Waals surface area (Å²) < 4.78 is 11.8. The molecule has 3 nitrogen and oxygen atoms in total. The fraction of sp³-hybridized carbons (Fsp3) is 0.444. The number of fused-ring (bicyclic) bond motifs is 1. The fourth-order valence-electron chi connectivity index (χ4n) is 2.33. The Kier molecular flexibility index (Phi) is 6.51. The van der Waals surface area contributed by atoms with Crippen LogP contribution in [0.25, 0.3) is 11.0 Å². The van der Waals surface area contributed by atoms with E-state index in [9.17, 15) is 0 Å². The van der Waals surface area contributed by atoms with Gasteiger partial charge in [-0.2, -0.15) is 0 Å². The number of hydrogen-bond acceptors (Lipinski definition) is 3. The molecular formula is C18H25NO2. The topological polar surface area (TPSA) is 34.4 Å². The van der Waals surface area contributed by atoms with Crippen molar-refractivity contribution in [2.24, 2.45) is 0 Å². The smallest absolute Gasteiger partial charge is 0.134 e. The molecular weight excluding hydrogens is 262 g/mol. The van der Waals surface area contributed by atoms with Crippen LogP contribution in [0.3, 0.4) is 0 Å². The lowest BCUT2D eigenvalue weighted by Crippen LogP contribution is -2.14. The van der Waals surface area contributed by atoms with Crippen molar-refractivity contribution >= 4 is 11.0 Å². The van der Waals surface area contributed by atoms with Crippen LogP contribution in [-0.2, 0) is 17.9 Å². The lowest BCUT2D eigenvalue weighted by atomic mass is 10.1. The third-order valence-corrected chi connectivity index (χ3v) is 3.44. The zero-order chi connectivity index (χ0) is 14.9. The highest BCUT2D eigenvalue weighted by atomic mass is 16.5. The summed E-state index contributed by atoms with van der Waals surface area (Å²) >= 11 is 0. The largest absolute Gasteiger partial charge is 0.459 e. The summed E-state index contributed by atoms with van der Waals surface area (Å²) in [5.74, 6) is 0.994. The van der Waals surface area contributed by atoms with Gasteiger partial charge in [0.15, 0.2) is 0 Å². The molecule has 1 N–H and O–H groups in total. The standard InChI is InChI=1S/C18H25NO2/c1-3-5-8-12-20-14-16-15-9-6-7-10-17(15)21-18(16)13-19-11-4-2/h3,6-7,9-10,19H,1,4-5,8,11-14H2,2H3. The van der Waals surface area contributed by atoms with E-state index < -0.39 is 0 Å². The van der Waals surface area contributed by atoms with Crippen LogP contribution in [0.4, 0.5) is 0 Å². The molecule has 1 heterocycles. The van der Waals surface area contributed by atoms with Gasteiger partial charge >= 0.3 is 0 Å². The Morgan fingerprint density at radius 3 is 3.00 bits per heavy atom. The van der Waals surface area contributed by atoms with E-state index in [1.54, 1.807) is 0 Å². The van der Waals surface area contributed by atoms with E-state index in [2.05, 4.69) is 24.9 Å². The van der Waals surface area contributed by atoms with Gasteiger partial charge in [0.2, 0.25) is 0 Å². The number of benzene rings is 1. The second-order valence-corrected chi connectivity index (χ2v) is 5.16. The molecule has 0 amide bonds. The van der Waals surface area contributed by atoms with Crippen molar-refractivity contribution in [1.82, 2.24) is 5.32 Å². The summed E-state index contributed by atoms with van der Waals surface area (Å²) in [7, 11) is 0. The number of para-hydroxylation sites is 1. The van der Waals surface area contributed by atoms with Crippen molar-refractivity contribution < 1.29 is 9.15 Å². The zero-order valence-electron chi connectivity index (χ0n) is 12.9. The molecule has 2 rings (SSSR count). The van der Waals surface area contributed by atoms with E-state index in [1.165, 1.54) is 5.56 Å². The summed E-state index contributed by atoms with van der Waals surface area (Å²) in [5, 5.41) is 4.56. The Hall–Kier alpha value is -1.58. The Morgan fingerprint density at radius 2 is 2.19 bits per heavy atom.